The number of benzene rings is 1. The van der Waals surface area contributed by atoms with Crippen LogP contribution in [-0.2, 0) is 0 Å². The van der Waals surface area contributed by atoms with Crippen LogP contribution in [0.4, 0.5) is 15.8 Å². The molecular weight excluding hydrogens is 215 g/mol. The molecule has 0 saturated carbocycles. The number of nitrogen functional groups attached to an aromatic ring is 1. The molecule has 3 N–H and O–H groups in total. The van der Waals surface area contributed by atoms with Crippen molar-refractivity contribution in [2.45, 2.75) is 26.2 Å². The normalized spacial score (nSPS) is 10.3. The van der Waals surface area contributed by atoms with Gasteiger partial charge in [-0.3, -0.25) is 0 Å². The van der Waals surface area contributed by atoms with Gasteiger partial charge in [0, 0.05) is 12.6 Å². The van der Waals surface area contributed by atoms with E-state index in [9.17, 15) is 4.39 Å². The van der Waals surface area contributed by atoms with E-state index in [0.29, 0.717) is 11.4 Å². The van der Waals surface area contributed by atoms with Crippen molar-refractivity contribution in [3.05, 3.63) is 23.0 Å². The Kier molecular flexibility index (Phi) is 4.69. The number of nitrogens with one attached hydrogen (secondary N) is 1. The number of unbranched alkanes of at least 4 members (excludes halogenated alkanes) is 2. The van der Waals surface area contributed by atoms with Crippen LogP contribution in [0.5, 0.6) is 0 Å². The highest BCUT2D eigenvalue weighted by molar-refractivity contribution is 6.31. The van der Waals surface area contributed by atoms with E-state index in [1.807, 2.05) is 0 Å². The maximum atomic E-state index is 13.0. The van der Waals surface area contributed by atoms with Gasteiger partial charge in [0.25, 0.3) is 0 Å². The molecule has 0 heterocycles. The van der Waals surface area contributed by atoms with Gasteiger partial charge in [-0.1, -0.05) is 31.4 Å². The molecular formula is C11H16ClFN2. The molecule has 0 aliphatic carbocycles. The Morgan fingerprint density at radius 3 is 2.80 bits per heavy atom. The molecule has 4 heteroatoms. The van der Waals surface area contributed by atoms with Crippen molar-refractivity contribution in [1.82, 2.24) is 0 Å². The average Bonchev–Trinajstić information content (AvgIpc) is 2.20. The quantitative estimate of drug-likeness (QED) is 0.599. The third-order valence-corrected chi connectivity index (χ3v) is 2.48. The van der Waals surface area contributed by atoms with Crippen LogP contribution >= 0.6 is 11.6 Å². The summed E-state index contributed by atoms with van der Waals surface area (Å²) in [6.45, 7) is 2.98. The SMILES string of the molecule is CCCCCNc1cc(Cl)c(F)cc1N. The molecule has 2 nitrogen and oxygen atoms in total. The summed E-state index contributed by atoms with van der Waals surface area (Å²) in [5.41, 5.74) is 6.75. The molecule has 1 aromatic carbocycles. The van der Waals surface area contributed by atoms with Gasteiger partial charge in [-0.15, -0.1) is 0 Å². The minimum absolute atomic E-state index is 0.0993. The lowest BCUT2D eigenvalue weighted by Crippen LogP contribution is -2.04. The highest BCUT2D eigenvalue weighted by Gasteiger charge is 2.05. The molecule has 1 aromatic rings. The van der Waals surface area contributed by atoms with Gasteiger partial charge in [-0.05, 0) is 12.5 Å². The summed E-state index contributed by atoms with van der Waals surface area (Å²) >= 11 is 5.66. The van der Waals surface area contributed by atoms with Crippen LogP contribution in [0.2, 0.25) is 5.02 Å². The zero-order valence-corrected chi connectivity index (χ0v) is 9.57. The maximum absolute atomic E-state index is 13.0. The second-order valence-corrected chi connectivity index (χ2v) is 3.89. The van der Waals surface area contributed by atoms with Crippen LogP contribution in [-0.4, -0.2) is 6.54 Å². The van der Waals surface area contributed by atoms with E-state index >= 15 is 0 Å². The third kappa shape index (κ3) is 3.59. The molecule has 0 bridgehead atoms. The van der Waals surface area contributed by atoms with Crippen molar-refractivity contribution in [2.75, 3.05) is 17.6 Å². The molecule has 0 fully saturated rings. The molecule has 0 aliphatic heterocycles. The average molecular weight is 231 g/mol. The molecule has 1 rings (SSSR count). The number of nitrogens with two attached hydrogens (primary N) is 1. The van der Waals surface area contributed by atoms with E-state index in [-0.39, 0.29) is 5.02 Å². The van der Waals surface area contributed by atoms with Crippen LogP contribution in [0.15, 0.2) is 12.1 Å². The second kappa shape index (κ2) is 5.81. The number of anilines is 2. The maximum Gasteiger partial charge on any atom is 0.143 e. The van der Waals surface area contributed by atoms with Crippen molar-refractivity contribution >= 4 is 23.0 Å². The first-order valence-corrected chi connectivity index (χ1v) is 5.51. The predicted octanol–water partition coefficient (Wildman–Crippen LogP) is 3.66. The van der Waals surface area contributed by atoms with Gasteiger partial charge in [0.05, 0.1) is 16.4 Å². The first kappa shape index (κ1) is 12.1. The van der Waals surface area contributed by atoms with Crippen LogP contribution < -0.4 is 11.1 Å². The van der Waals surface area contributed by atoms with Gasteiger partial charge in [0.1, 0.15) is 5.82 Å². The molecule has 0 aliphatic rings. The van der Waals surface area contributed by atoms with Gasteiger partial charge in [0.15, 0.2) is 0 Å². The van der Waals surface area contributed by atoms with Crippen LogP contribution in [0.3, 0.4) is 0 Å². The fraction of sp³-hybridized carbons (Fsp3) is 0.455. The monoisotopic (exact) mass is 230 g/mol. The lowest BCUT2D eigenvalue weighted by Gasteiger charge is -2.09. The first-order chi connectivity index (χ1) is 7.15. The van der Waals surface area contributed by atoms with Crippen LogP contribution in [0.25, 0.3) is 0 Å². The van der Waals surface area contributed by atoms with Gasteiger partial charge in [0.2, 0.25) is 0 Å². The van der Waals surface area contributed by atoms with Gasteiger partial charge < -0.3 is 11.1 Å². The van der Waals surface area contributed by atoms with Crippen molar-refractivity contribution in [1.29, 1.82) is 0 Å². The molecule has 0 aromatic heterocycles. The van der Waals surface area contributed by atoms with Gasteiger partial charge >= 0.3 is 0 Å². The lowest BCUT2D eigenvalue weighted by atomic mass is 10.2. The fourth-order valence-electron chi connectivity index (χ4n) is 1.31. The lowest BCUT2D eigenvalue weighted by molar-refractivity contribution is 0.629. The van der Waals surface area contributed by atoms with E-state index in [1.54, 1.807) is 0 Å². The zero-order chi connectivity index (χ0) is 11.3. The van der Waals surface area contributed by atoms with E-state index in [4.69, 9.17) is 17.3 Å². The van der Waals surface area contributed by atoms with E-state index in [1.165, 1.54) is 25.0 Å². The van der Waals surface area contributed by atoms with Crippen molar-refractivity contribution in [2.24, 2.45) is 0 Å². The number of hydrogen-bond donors (Lipinski definition) is 2. The Bertz CT molecular complexity index is 329. The minimum atomic E-state index is -0.478. The van der Waals surface area contributed by atoms with Crippen LogP contribution in [0, 0.1) is 5.82 Å². The molecule has 0 saturated heterocycles. The third-order valence-electron chi connectivity index (χ3n) is 2.19. The smallest absolute Gasteiger partial charge is 0.143 e. The Balaban J connectivity index is 2.57. The Morgan fingerprint density at radius 2 is 2.13 bits per heavy atom. The summed E-state index contributed by atoms with van der Waals surface area (Å²) in [6, 6.07) is 2.77. The second-order valence-electron chi connectivity index (χ2n) is 3.49. The molecule has 84 valence electrons. The highest BCUT2D eigenvalue weighted by atomic mass is 35.5. The Morgan fingerprint density at radius 1 is 1.40 bits per heavy atom. The summed E-state index contributed by atoms with van der Waals surface area (Å²) in [5.74, 6) is -0.478. The summed E-state index contributed by atoms with van der Waals surface area (Å²) in [6.07, 6.45) is 3.41. The summed E-state index contributed by atoms with van der Waals surface area (Å²) < 4.78 is 13.0. The Hall–Kier alpha value is -0.960. The fourth-order valence-corrected chi connectivity index (χ4v) is 1.48. The molecule has 15 heavy (non-hydrogen) atoms. The first-order valence-electron chi connectivity index (χ1n) is 5.13. The summed E-state index contributed by atoms with van der Waals surface area (Å²) in [4.78, 5) is 0. The largest absolute Gasteiger partial charge is 0.397 e. The minimum Gasteiger partial charge on any atom is -0.397 e. The van der Waals surface area contributed by atoms with E-state index in [0.717, 1.165) is 13.0 Å². The van der Waals surface area contributed by atoms with E-state index in [2.05, 4.69) is 12.2 Å². The summed E-state index contributed by atoms with van der Waals surface area (Å²) in [7, 11) is 0. The summed E-state index contributed by atoms with van der Waals surface area (Å²) in [5, 5.41) is 3.24. The van der Waals surface area contributed by atoms with Crippen LogP contribution in [0.1, 0.15) is 26.2 Å². The standard InChI is InChI=1S/C11H16ClFN2/c1-2-3-4-5-15-11-6-8(12)9(13)7-10(11)14/h6-7,15H,2-5,14H2,1H3. The number of rotatable bonds is 5. The van der Waals surface area contributed by atoms with E-state index < -0.39 is 5.82 Å². The topological polar surface area (TPSA) is 38.0 Å². The van der Waals surface area contributed by atoms with Gasteiger partial charge in [-0.2, -0.15) is 0 Å². The van der Waals surface area contributed by atoms with Gasteiger partial charge in [-0.25, -0.2) is 4.39 Å². The zero-order valence-electron chi connectivity index (χ0n) is 8.82. The predicted molar refractivity (Wildman–Crippen MR) is 63.8 cm³/mol. The number of hydrogen-bond acceptors (Lipinski definition) is 2. The van der Waals surface area contributed by atoms with Crippen molar-refractivity contribution in [3.63, 3.8) is 0 Å². The molecule has 0 amide bonds. The van der Waals surface area contributed by atoms with Crippen molar-refractivity contribution < 1.29 is 4.39 Å². The molecule has 0 spiro atoms. The molecule has 0 atom stereocenters. The Labute approximate surface area is 94.6 Å². The molecule has 0 radical (unpaired) electrons. The number of halogens is 2. The highest BCUT2D eigenvalue weighted by Crippen LogP contribution is 2.26. The molecule has 0 unspecified atom stereocenters. The van der Waals surface area contributed by atoms with Crippen molar-refractivity contribution in [3.8, 4) is 0 Å².